The number of hydrogen-bond donors (Lipinski definition) is 3. The standard InChI is InChI=1S/C33H45N5O7/c1-4-20(2)29-33(43)37-17-11-10-15-27(37)32(42)34-24-13-6-5-7-16-28(39)21(3)44-45-38-19-22(23-12-8-9-14-26(23)38)18-25(31(41)36-29)35-30(24)40/h8-9,12,14,19-21,24-25,27,29H,4-7,10-11,13,15-18H2,1-3H3,(H,34,42)(H,35,40)(H,36,41)/t20?,21?,24-,25-,27+,29-/m0/s1. The molecule has 4 heterocycles. The lowest BCUT2D eigenvalue weighted by molar-refractivity contribution is -0.307. The number of nitrogens with zero attached hydrogens (tertiary/aromatic N) is 2. The Bertz CT molecular complexity index is 1420. The van der Waals surface area contributed by atoms with E-state index in [4.69, 9.17) is 9.88 Å². The first-order chi connectivity index (χ1) is 21.7. The van der Waals surface area contributed by atoms with Gasteiger partial charge < -0.3 is 20.9 Å². The lowest BCUT2D eigenvalue weighted by atomic mass is 9.93. The third-order valence-electron chi connectivity index (χ3n) is 9.45. The van der Waals surface area contributed by atoms with Gasteiger partial charge in [-0.05, 0) is 56.6 Å². The summed E-state index contributed by atoms with van der Waals surface area (Å²) in [4.78, 5) is 81.1. The number of fused-ring (bicyclic) bond motifs is 9. The summed E-state index contributed by atoms with van der Waals surface area (Å²) < 4.78 is 1.41. The van der Waals surface area contributed by atoms with Gasteiger partial charge in [0.25, 0.3) is 0 Å². The van der Waals surface area contributed by atoms with Crippen molar-refractivity contribution in [1.82, 2.24) is 25.6 Å². The monoisotopic (exact) mass is 623 g/mol. The summed E-state index contributed by atoms with van der Waals surface area (Å²) in [5, 5.41) is 9.59. The van der Waals surface area contributed by atoms with Gasteiger partial charge in [-0.25, -0.2) is 4.99 Å². The number of benzene rings is 1. The van der Waals surface area contributed by atoms with E-state index >= 15 is 0 Å². The molecule has 6 atom stereocenters. The van der Waals surface area contributed by atoms with Gasteiger partial charge in [-0.1, -0.05) is 51.3 Å². The number of Topliss-reactive ketones (excluding diaryl/α,β-unsaturated/α-hetero) is 1. The second-order valence-electron chi connectivity index (χ2n) is 12.6. The molecule has 1 aromatic carbocycles. The molecule has 1 aromatic heterocycles. The highest BCUT2D eigenvalue weighted by atomic mass is 17.3. The molecule has 12 nitrogen and oxygen atoms in total. The Morgan fingerprint density at radius 3 is 2.42 bits per heavy atom. The maximum atomic E-state index is 14.1. The second kappa shape index (κ2) is 14.4. The average molecular weight is 624 g/mol. The van der Waals surface area contributed by atoms with Crippen LogP contribution in [-0.4, -0.2) is 75.9 Å². The van der Waals surface area contributed by atoms with E-state index in [1.54, 1.807) is 18.0 Å². The first-order valence-electron chi connectivity index (χ1n) is 16.3. The second-order valence-corrected chi connectivity index (χ2v) is 12.6. The third-order valence-corrected chi connectivity index (χ3v) is 9.45. The number of ketones is 1. The van der Waals surface area contributed by atoms with Crippen LogP contribution in [0.25, 0.3) is 10.9 Å². The Kier molecular flexibility index (Phi) is 10.4. The molecule has 244 valence electrons. The fourth-order valence-corrected chi connectivity index (χ4v) is 6.46. The number of carbonyl (C=O) groups excluding carboxylic acids is 5. The lowest BCUT2D eigenvalue weighted by Crippen LogP contribution is -2.64. The van der Waals surface area contributed by atoms with Crippen LogP contribution < -0.4 is 20.9 Å². The molecule has 4 amide bonds. The van der Waals surface area contributed by atoms with E-state index in [2.05, 4.69) is 16.0 Å². The van der Waals surface area contributed by atoms with E-state index in [-0.39, 0.29) is 36.4 Å². The lowest BCUT2D eigenvalue weighted by Gasteiger charge is -2.39. The predicted octanol–water partition coefficient (Wildman–Crippen LogP) is 2.36. The highest BCUT2D eigenvalue weighted by molar-refractivity contribution is 5.98. The van der Waals surface area contributed by atoms with Crippen LogP contribution in [0.4, 0.5) is 0 Å². The van der Waals surface area contributed by atoms with E-state index in [0.29, 0.717) is 56.1 Å². The number of piperidine rings is 1. The van der Waals surface area contributed by atoms with E-state index < -0.39 is 42.1 Å². The molecule has 0 saturated carbocycles. The van der Waals surface area contributed by atoms with Gasteiger partial charge in [-0.3, -0.25) is 24.0 Å². The van der Waals surface area contributed by atoms with Crippen molar-refractivity contribution in [2.24, 2.45) is 5.92 Å². The molecule has 2 fully saturated rings. The predicted molar refractivity (Wildman–Crippen MR) is 165 cm³/mol. The molecule has 5 rings (SSSR count). The molecule has 2 unspecified atom stereocenters. The quantitative estimate of drug-likeness (QED) is 0.435. The van der Waals surface area contributed by atoms with Crippen LogP contribution in [0.1, 0.15) is 84.1 Å². The van der Waals surface area contributed by atoms with Gasteiger partial charge in [0.15, 0.2) is 11.9 Å². The molecule has 0 spiro atoms. The fraction of sp³-hybridized carbons (Fsp3) is 0.606. The van der Waals surface area contributed by atoms with Crippen molar-refractivity contribution in [2.45, 2.75) is 115 Å². The molecule has 2 aromatic rings. The van der Waals surface area contributed by atoms with Crippen LogP contribution in [0, 0.1) is 5.92 Å². The first-order valence-corrected chi connectivity index (χ1v) is 16.3. The van der Waals surface area contributed by atoms with Crippen molar-refractivity contribution in [3.05, 3.63) is 36.0 Å². The zero-order valence-electron chi connectivity index (χ0n) is 26.4. The SMILES string of the molecule is CCC(C)[C@@H]1NC(=O)[C@@H]2Cc3cn(c4ccccc34)OOC(C)C(=O)CCCCC[C@H](NC(=O)[C@H]3CCCCN3C1=O)C(=O)N2. The van der Waals surface area contributed by atoms with Crippen molar-refractivity contribution < 1.29 is 33.8 Å². The number of carbonyl (C=O) groups is 5. The van der Waals surface area contributed by atoms with Crippen LogP contribution in [-0.2, 0) is 35.3 Å². The maximum absolute atomic E-state index is 14.1. The topological polar surface area (TPSA) is 148 Å². The summed E-state index contributed by atoms with van der Waals surface area (Å²) >= 11 is 0. The molecular weight excluding hydrogens is 578 g/mol. The third kappa shape index (κ3) is 7.32. The first kappa shape index (κ1) is 32.5. The van der Waals surface area contributed by atoms with Gasteiger partial charge in [0.05, 0.1) is 11.7 Å². The van der Waals surface area contributed by atoms with Crippen LogP contribution >= 0.6 is 0 Å². The normalized spacial score (nSPS) is 28.5. The minimum absolute atomic E-state index is 0.0807. The average Bonchev–Trinajstić information content (AvgIpc) is 3.40. The van der Waals surface area contributed by atoms with E-state index in [1.165, 1.54) is 4.73 Å². The number of nitrogens with one attached hydrogen (secondary N) is 3. The molecular formula is C33H45N5O7. The van der Waals surface area contributed by atoms with Crippen molar-refractivity contribution >= 4 is 40.3 Å². The molecule has 12 heteroatoms. The van der Waals surface area contributed by atoms with Gasteiger partial charge in [0, 0.05) is 24.8 Å². The molecule has 0 aliphatic carbocycles. The van der Waals surface area contributed by atoms with Crippen molar-refractivity contribution in [1.29, 1.82) is 0 Å². The van der Waals surface area contributed by atoms with E-state index in [0.717, 1.165) is 18.2 Å². The van der Waals surface area contributed by atoms with Gasteiger partial charge >= 0.3 is 0 Å². The van der Waals surface area contributed by atoms with Crippen LogP contribution in [0.15, 0.2) is 30.5 Å². The van der Waals surface area contributed by atoms with Gasteiger partial charge in [-0.15, -0.1) is 0 Å². The number of para-hydroxylation sites is 1. The molecule has 3 aliphatic heterocycles. The minimum Gasteiger partial charge on any atom is -0.343 e. The minimum atomic E-state index is -1.05. The Morgan fingerprint density at radius 2 is 1.62 bits per heavy atom. The summed E-state index contributed by atoms with van der Waals surface area (Å²) in [6.07, 6.45) is 6.04. The highest BCUT2D eigenvalue weighted by Gasteiger charge is 2.41. The Hall–Kier alpha value is -3.93. The summed E-state index contributed by atoms with van der Waals surface area (Å²) in [7, 11) is 0. The van der Waals surface area contributed by atoms with E-state index in [9.17, 15) is 24.0 Å². The highest BCUT2D eigenvalue weighted by Crippen LogP contribution is 2.25. The molecule has 45 heavy (non-hydrogen) atoms. The van der Waals surface area contributed by atoms with Crippen molar-refractivity contribution in [2.75, 3.05) is 6.54 Å². The van der Waals surface area contributed by atoms with Gasteiger partial charge in [0.1, 0.15) is 24.2 Å². The summed E-state index contributed by atoms with van der Waals surface area (Å²) in [5.74, 6) is -1.89. The van der Waals surface area contributed by atoms with Crippen molar-refractivity contribution in [3.63, 3.8) is 0 Å². The number of amides is 4. The Morgan fingerprint density at radius 1 is 0.889 bits per heavy atom. The summed E-state index contributed by atoms with van der Waals surface area (Å²) in [6.45, 7) is 5.91. The molecule has 4 bridgehead atoms. The fourth-order valence-electron chi connectivity index (χ4n) is 6.46. The van der Waals surface area contributed by atoms with Crippen molar-refractivity contribution in [3.8, 4) is 0 Å². The maximum Gasteiger partial charge on any atom is 0.246 e. The molecule has 3 aliphatic rings. The van der Waals surface area contributed by atoms with E-state index in [1.807, 2.05) is 38.1 Å². The van der Waals surface area contributed by atoms with Gasteiger partial charge in [-0.2, -0.15) is 9.62 Å². The zero-order chi connectivity index (χ0) is 32.1. The Labute approximate surface area is 263 Å². The summed E-state index contributed by atoms with van der Waals surface area (Å²) in [6, 6.07) is 3.85. The number of hydrogen-bond acceptors (Lipinski definition) is 7. The molecule has 2 saturated heterocycles. The Balaban J connectivity index is 1.56. The van der Waals surface area contributed by atoms with Crippen LogP contribution in [0.2, 0.25) is 0 Å². The zero-order valence-corrected chi connectivity index (χ0v) is 26.4. The smallest absolute Gasteiger partial charge is 0.246 e. The number of rotatable bonds is 2. The van der Waals surface area contributed by atoms with Crippen LogP contribution in [0.3, 0.4) is 0 Å². The molecule has 0 radical (unpaired) electrons. The summed E-state index contributed by atoms with van der Waals surface area (Å²) in [5.41, 5.74) is 1.34. The number of aromatic nitrogens is 1. The largest absolute Gasteiger partial charge is 0.343 e. The molecule has 3 N–H and O–H groups in total. The van der Waals surface area contributed by atoms with Gasteiger partial charge in [0.2, 0.25) is 23.6 Å². The van der Waals surface area contributed by atoms with Crippen LogP contribution in [0.5, 0.6) is 0 Å².